The predicted octanol–water partition coefficient (Wildman–Crippen LogP) is 0.192. The van der Waals surface area contributed by atoms with Gasteiger partial charge in [-0.3, -0.25) is 4.84 Å². The van der Waals surface area contributed by atoms with E-state index in [4.69, 9.17) is 0 Å². The van der Waals surface area contributed by atoms with Crippen LogP contribution in [0, 0.1) is 0 Å². The molecule has 0 aliphatic rings. The molecule has 0 aliphatic carbocycles. The van der Waals surface area contributed by atoms with Gasteiger partial charge in [0, 0.05) is 0 Å². The molecule has 0 rings (SSSR count). The molecular weight excluding hydrogens is 73.0 g/mol. The van der Waals surface area contributed by atoms with Gasteiger partial charge in [0.25, 0.3) is 0 Å². The van der Waals surface area contributed by atoms with Crippen LogP contribution in [-0.4, -0.2) is 6.36 Å². The van der Waals surface area contributed by atoms with E-state index in [1.165, 1.54) is 6.92 Å². The Hall–Kier alpha value is -0.150. The molecule has 2 nitrogen and oxygen atoms in total. The van der Waals surface area contributed by atoms with Crippen LogP contribution in [0.3, 0.4) is 0 Å². The summed E-state index contributed by atoms with van der Waals surface area (Å²) in [4.78, 5) is 3.58. The summed E-state index contributed by atoms with van der Waals surface area (Å²) in [6, 6.07) is 0. The Labute approximate surface area is 29.7 Å². The lowest BCUT2D eigenvalue weighted by Crippen LogP contribution is -2.05. The average molecular weight is 79.1 g/mol. The maximum atomic E-state index is 11.1. The molecule has 3 heteroatoms. The molecule has 0 bridgehead atoms. The van der Waals surface area contributed by atoms with E-state index in [1.807, 2.05) is 0 Å². The zero-order valence-corrected chi connectivity index (χ0v) is 2.94. The molecule has 0 saturated heterocycles. The van der Waals surface area contributed by atoms with Gasteiger partial charge in [0.15, 0.2) is 0 Å². The molecule has 0 aromatic rings. The highest BCUT2D eigenvalue weighted by atomic mass is 19.1. The van der Waals surface area contributed by atoms with Gasteiger partial charge in [0.2, 0.25) is 6.36 Å². The Morgan fingerprint density at radius 1 is 2.00 bits per heavy atom. The summed E-state index contributed by atoms with van der Waals surface area (Å²) in [5, 5.41) is 0. The second-order valence-electron chi connectivity index (χ2n) is 0.679. The van der Waals surface area contributed by atoms with Gasteiger partial charge in [0.1, 0.15) is 0 Å². The maximum Gasteiger partial charge on any atom is 0.214 e. The first-order chi connectivity index (χ1) is 2.27. The van der Waals surface area contributed by atoms with Gasteiger partial charge in [-0.15, -0.1) is 0 Å². The molecule has 0 radical (unpaired) electrons. The van der Waals surface area contributed by atoms with Gasteiger partial charge in [-0.05, 0) is 6.92 Å². The first-order valence-electron chi connectivity index (χ1n) is 1.27. The molecule has 5 heavy (non-hydrogen) atoms. The molecule has 0 saturated carbocycles. The third-order valence-electron chi connectivity index (χ3n) is 0.188. The van der Waals surface area contributed by atoms with Crippen LogP contribution < -0.4 is 5.90 Å². The molecule has 1 unspecified atom stereocenters. The van der Waals surface area contributed by atoms with Gasteiger partial charge in [-0.25, -0.2) is 10.3 Å². The highest BCUT2D eigenvalue weighted by Gasteiger charge is 1.85. The fourth-order valence-electron chi connectivity index (χ4n) is 0. The molecule has 32 valence electrons. The molecule has 0 aliphatic heterocycles. The largest absolute Gasteiger partial charge is 0.268 e. The third-order valence-corrected chi connectivity index (χ3v) is 0.188. The van der Waals surface area contributed by atoms with Crippen molar-refractivity contribution >= 4 is 0 Å². The molecule has 0 amide bonds. The summed E-state index contributed by atoms with van der Waals surface area (Å²) in [5.74, 6) is 4.30. The number of hydrogen-bond donors (Lipinski definition) is 1. The first-order valence-corrected chi connectivity index (χ1v) is 1.27. The van der Waals surface area contributed by atoms with Crippen molar-refractivity contribution in [2.24, 2.45) is 5.90 Å². The van der Waals surface area contributed by atoms with E-state index in [0.29, 0.717) is 0 Å². The number of nitrogens with two attached hydrogens (primary N) is 1. The van der Waals surface area contributed by atoms with E-state index in [-0.39, 0.29) is 0 Å². The van der Waals surface area contributed by atoms with Crippen molar-refractivity contribution < 1.29 is 9.23 Å². The van der Waals surface area contributed by atoms with E-state index < -0.39 is 6.36 Å². The normalized spacial score (nSPS) is 15.0. The molecule has 2 N–H and O–H groups in total. The minimum absolute atomic E-state index is 1.21. The Morgan fingerprint density at radius 2 is 2.20 bits per heavy atom. The summed E-state index contributed by atoms with van der Waals surface area (Å²) in [7, 11) is 0. The minimum atomic E-state index is -1.34. The topological polar surface area (TPSA) is 35.2 Å². The summed E-state index contributed by atoms with van der Waals surface area (Å²) in [6.45, 7) is 1.21. The lowest BCUT2D eigenvalue weighted by Gasteiger charge is -1.89. The van der Waals surface area contributed by atoms with Crippen LogP contribution >= 0.6 is 0 Å². The van der Waals surface area contributed by atoms with Gasteiger partial charge in [-0.2, -0.15) is 0 Å². The van der Waals surface area contributed by atoms with Gasteiger partial charge in [-0.1, -0.05) is 0 Å². The second-order valence-corrected chi connectivity index (χ2v) is 0.679. The van der Waals surface area contributed by atoms with E-state index in [1.54, 1.807) is 0 Å². The Bertz CT molecular complexity index is 23.6. The highest BCUT2D eigenvalue weighted by molar-refractivity contribution is 4.10. The smallest absolute Gasteiger partial charge is 0.214 e. The number of halogens is 1. The summed E-state index contributed by atoms with van der Waals surface area (Å²) >= 11 is 0. The highest BCUT2D eigenvalue weighted by Crippen LogP contribution is 1.79. The van der Waals surface area contributed by atoms with Crippen molar-refractivity contribution in [3.63, 3.8) is 0 Å². The van der Waals surface area contributed by atoms with E-state index in [0.717, 1.165) is 0 Å². The predicted molar refractivity (Wildman–Crippen MR) is 15.8 cm³/mol. The van der Waals surface area contributed by atoms with Crippen LogP contribution in [0.2, 0.25) is 0 Å². The summed E-state index contributed by atoms with van der Waals surface area (Å²) in [6.07, 6.45) is -1.34. The quantitative estimate of drug-likeness (QED) is 0.455. The fraction of sp³-hybridized carbons (Fsp3) is 1.00. The number of alkyl halides is 1. The van der Waals surface area contributed by atoms with Crippen molar-refractivity contribution in [3.8, 4) is 0 Å². The fourth-order valence-corrected chi connectivity index (χ4v) is 0. The Kier molecular flexibility index (Phi) is 2.05. The second kappa shape index (κ2) is 2.11. The molecule has 0 heterocycles. The lowest BCUT2D eigenvalue weighted by atomic mass is 10.8. The molecular formula is C2H6FNO. The van der Waals surface area contributed by atoms with Crippen molar-refractivity contribution in [1.29, 1.82) is 0 Å². The van der Waals surface area contributed by atoms with Crippen LogP contribution in [-0.2, 0) is 4.84 Å². The lowest BCUT2D eigenvalue weighted by molar-refractivity contribution is -0.0260. The number of rotatable bonds is 1. The van der Waals surface area contributed by atoms with E-state index in [9.17, 15) is 4.39 Å². The van der Waals surface area contributed by atoms with Crippen LogP contribution in [0.5, 0.6) is 0 Å². The van der Waals surface area contributed by atoms with Gasteiger partial charge >= 0.3 is 0 Å². The van der Waals surface area contributed by atoms with Crippen molar-refractivity contribution in [3.05, 3.63) is 0 Å². The monoisotopic (exact) mass is 79.0 g/mol. The maximum absolute atomic E-state index is 11.1. The van der Waals surface area contributed by atoms with E-state index >= 15 is 0 Å². The summed E-state index contributed by atoms with van der Waals surface area (Å²) < 4.78 is 11.1. The zero-order chi connectivity index (χ0) is 4.28. The van der Waals surface area contributed by atoms with Crippen LogP contribution in [0.25, 0.3) is 0 Å². The standard InChI is InChI=1S/C2H6FNO/c1-2(3)5-4/h2H,4H2,1H3. The molecule has 1 atom stereocenters. The van der Waals surface area contributed by atoms with Crippen LogP contribution in [0.15, 0.2) is 0 Å². The minimum Gasteiger partial charge on any atom is -0.268 e. The van der Waals surface area contributed by atoms with Crippen molar-refractivity contribution in [1.82, 2.24) is 0 Å². The Morgan fingerprint density at radius 3 is 2.20 bits per heavy atom. The SMILES string of the molecule is CC(F)ON. The molecule has 0 fully saturated rings. The third kappa shape index (κ3) is 3.85. The van der Waals surface area contributed by atoms with Gasteiger partial charge in [0.05, 0.1) is 0 Å². The number of hydrogen-bond acceptors (Lipinski definition) is 2. The van der Waals surface area contributed by atoms with Gasteiger partial charge < -0.3 is 0 Å². The van der Waals surface area contributed by atoms with Crippen LogP contribution in [0.1, 0.15) is 6.92 Å². The zero-order valence-electron chi connectivity index (χ0n) is 2.94. The van der Waals surface area contributed by atoms with Crippen LogP contribution in [0.4, 0.5) is 4.39 Å². The summed E-state index contributed by atoms with van der Waals surface area (Å²) in [5.41, 5.74) is 0. The molecule has 0 spiro atoms. The van der Waals surface area contributed by atoms with Crippen molar-refractivity contribution in [2.75, 3.05) is 0 Å². The molecule has 0 aromatic carbocycles. The van der Waals surface area contributed by atoms with Crippen molar-refractivity contribution in [2.45, 2.75) is 13.3 Å². The average Bonchev–Trinajstić information content (AvgIpc) is 1.38. The van der Waals surface area contributed by atoms with E-state index in [2.05, 4.69) is 10.7 Å². The Balaban J connectivity index is 2.54. The first kappa shape index (κ1) is 4.85. The molecule has 0 aromatic heterocycles.